The number of primary amides is 1. The topological polar surface area (TPSA) is 87.5 Å². The van der Waals surface area contributed by atoms with E-state index in [4.69, 9.17) is 5.73 Å². The molecule has 0 unspecified atom stereocenters. The van der Waals surface area contributed by atoms with Gasteiger partial charge in [-0.05, 0) is 61.1 Å². The number of halogens is 1. The lowest BCUT2D eigenvalue weighted by Gasteiger charge is -2.16. The molecule has 4 rings (SSSR count). The van der Waals surface area contributed by atoms with Gasteiger partial charge >= 0.3 is 0 Å². The molecule has 4 N–H and O–H groups in total. The molecule has 0 bridgehead atoms. The lowest BCUT2D eigenvalue weighted by atomic mass is 9.98. The molecule has 0 radical (unpaired) electrons. The molecule has 2 amide bonds. The second-order valence-corrected chi connectivity index (χ2v) is 8.29. The molecular formula is C26H25FN4O2. The van der Waals surface area contributed by atoms with Crippen molar-refractivity contribution in [2.45, 2.75) is 13.0 Å². The maximum Gasteiger partial charge on any atom is 0.258 e. The van der Waals surface area contributed by atoms with E-state index in [2.05, 4.69) is 15.5 Å². The first kappa shape index (κ1) is 22.2. The smallest absolute Gasteiger partial charge is 0.258 e. The third-order valence-corrected chi connectivity index (χ3v) is 5.32. The fourth-order valence-corrected chi connectivity index (χ4v) is 3.87. The minimum atomic E-state index is -0.419. The molecule has 3 aromatic rings. The van der Waals surface area contributed by atoms with Crippen molar-refractivity contribution in [1.82, 2.24) is 4.90 Å². The average molecular weight is 445 g/mol. The fraction of sp³-hybridized carbons (Fsp3) is 0.154. The summed E-state index contributed by atoms with van der Waals surface area (Å²) in [7, 11) is 4.02. The van der Waals surface area contributed by atoms with Crippen LogP contribution in [0.5, 0.6) is 0 Å². The van der Waals surface area contributed by atoms with E-state index in [-0.39, 0.29) is 12.3 Å². The normalized spacial score (nSPS) is 14.1. The Bertz CT molecular complexity index is 1230. The van der Waals surface area contributed by atoms with Gasteiger partial charge in [-0.1, -0.05) is 36.4 Å². The van der Waals surface area contributed by atoms with Gasteiger partial charge in [0.15, 0.2) is 0 Å². The van der Waals surface area contributed by atoms with Crippen molar-refractivity contribution in [2.24, 2.45) is 5.73 Å². The molecule has 0 aromatic heterocycles. The molecule has 168 valence electrons. The van der Waals surface area contributed by atoms with Crippen molar-refractivity contribution >= 4 is 34.5 Å². The van der Waals surface area contributed by atoms with E-state index >= 15 is 0 Å². The zero-order chi connectivity index (χ0) is 23.5. The van der Waals surface area contributed by atoms with Gasteiger partial charge in [-0.2, -0.15) is 0 Å². The minimum absolute atomic E-state index is 0.134. The number of hydrogen-bond donors (Lipinski definition) is 3. The molecule has 33 heavy (non-hydrogen) atoms. The molecule has 1 heterocycles. The first-order valence-corrected chi connectivity index (χ1v) is 10.5. The number of fused-ring (bicyclic) bond motifs is 1. The maximum atomic E-state index is 13.7. The van der Waals surface area contributed by atoms with Crippen LogP contribution in [0.2, 0.25) is 0 Å². The van der Waals surface area contributed by atoms with Crippen LogP contribution in [0, 0.1) is 5.82 Å². The third-order valence-electron chi connectivity index (χ3n) is 5.32. The van der Waals surface area contributed by atoms with Crippen molar-refractivity contribution in [3.8, 4) is 0 Å². The van der Waals surface area contributed by atoms with Gasteiger partial charge in [0.2, 0.25) is 5.91 Å². The second-order valence-electron chi connectivity index (χ2n) is 8.29. The van der Waals surface area contributed by atoms with Crippen LogP contribution in [-0.2, 0) is 22.6 Å². The average Bonchev–Trinajstić information content (AvgIpc) is 3.07. The maximum absolute atomic E-state index is 13.7. The van der Waals surface area contributed by atoms with E-state index in [1.54, 1.807) is 18.2 Å². The second kappa shape index (κ2) is 9.26. The van der Waals surface area contributed by atoms with E-state index in [9.17, 15) is 14.0 Å². The molecule has 3 aromatic carbocycles. The van der Waals surface area contributed by atoms with Crippen LogP contribution in [0.25, 0.3) is 11.3 Å². The predicted molar refractivity (Wildman–Crippen MR) is 129 cm³/mol. The standard InChI is InChI=1S/C26H25FN4O2/c1-31(2)15-17-5-10-20(11-6-17)29-25(18-7-3-16(4-8-18)13-23(28)32)24-21-12-9-19(27)14-22(21)30-26(24)33/h3-12,14,29H,13,15H2,1-2H3,(H2,28,32)(H,30,33). The van der Waals surface area contributed by atoms with E-state index in [0.717, 1.165) is 28.9 Å². The van der Waals surface area contributed by atoms with Crippen molar-refractivity contribution in [2.75, 3.05) is 24.7 Å². The van der Waals surface area contributed by atoms with Gasteiger partial charge in [-0.15, -0.1) is 0 Å². The number of nitrogens with one attached hydrogen (secondary N) is 2. The SMILES string of the molecule is CN(C)Cc1ccc(NC(=C2C(=O)Nc3cc(F)ccc32)c2ccc(CC(N)=O)cc2)cc1. The number of rotatable bonds is 7. The highest BCUT2D eigenvalue weighted by Gasteiger charge is 2.28. The lowest BCUT2D eigenvalue weighted by Crippen LogP contribution is -2.14. The highest BCUT2D eigenvalue weighted by molar-refractivity contribution is 6.37. The highest BCUT2D eigenvalue weighted by Crippen LogP contribution is 2.38. The molecule has 0 aliphatic carbocycles. The summed E-state index contributed by atoms with van der Waals surface area (Å²) in [6, 6.07) is 19.5. The Morgan fingerprint density at radius 1 is 1.00 bits per heavy atom. The van der Waals surface area contributed by atoms with Crippen molar-refractivity contribution < 1.29 is 14.0 Å². The minimum Gasteiger partial charge on any atom is -0.369 e. The summed E-state index contributed by atoms with van der Waals surface area (Å²) in [6.07, 6.45) is 0.134. The van der Waals surface area contributed by atoms with Gasteiger partial charge in [0.1, 0.15) is 5.82 Å². The Morgan fingerprint density at radius 2 is 1.67 bits per heavy atom. The van der Waals surface area contributed by atoms with Crippen LogP contribution >= 0.6 is 0 Å². The Balaban J connectivity index is 1.77. The third kappa shape index (κ3) is 5.10. The van der Waals surface area contributed by atoms with Crippen LogP contribution in [0.15, 0.2) is 66.7 Å². The largest absolute Gasteiger partial charge is 0.369 e. The summed E-state index contributed by atoms with van der Waals surface area (Å²) < 4.78 is 13.7. The summed E-state index contributed by atoms with van der Waals surface area (Å²) in [5, 5.41) is 6.13. The molecule has 6 nitrogen and oxygen atoms in total. The monoisotopic (exact) mass is 444 g/mol. The summed E-state index contributed by atoms with van der Waals surface area (Å²) in [4.78, 5) is 26.3. The lowest BCUT2D eigenvalue weighted by molar-refractivity contribution is -0.117. The zero-order valence-electron chi connectivity index (χ0n) is 18.5. The molecule has 0 saturated heterocycles. The molecule has 0 spiro atoms. The van der Waals surface area contributed by atoms with E-state index in [1.807, 2.05) is 50.5 Å². The van der Waals surface area contributed by atoms with Gasteiger partial charge in [-0.3, -0.25) is 9.59 Å². The van der Waals surface area contributed by atoms with E-state index in [1.165, 1.54) is 12.1 Å². The summed E-state index contributed by atoms with van der Waals surface area (Å²) in [6.45, 7) is 0.816. The number of nitrogens with two attached hydrogens (primary N) is 1. The predicted octanol–water partition coefficient (Wildman–Crippen LogP) is 3.85. The Morgan fingerprint density at radius 3 is 2.30 bits per heavy atom. The van der Waals surface area contributed by atoms with Crippen molar-refractivity contribution in [3.63, 3.8) is 0 Å². The number of anilines is 2. The number of hydrogen-bond acceptors (Lipinski definition) is 4. The highest BCUT2D eigenvalue weighted by atomic mass is 19.1. The molecule has 1 aliphatic rings. The van der Waals surface area contributed by atoms with E-state index < -0.39 is 11.7 Å². The quantitative estimate of drug-likeness (QED) is 0.483. The molecule has 7 heteroatoms. The first-order chi connectivity index (χ1) is 15.8. The Hall–Kier alpha value is -3.97. The number of carbonyl (C=O) groups is 2. The number of nitrogens with zero attached hydrogens (tertiary/aromatic N) is 1. The summed E-state index contributed by atoms with van der Waals surface area (Å²) >= 11 is 0. The van der Waals surface area contributed by atoms with Gasteiger partial charge in [-0.25, -0.2) is 4.39 Å². The van der Waals surface area contributed by atoms with Crippen LogP contribution in [-0.4, -0.2) is 30.8 Å². The Kier molecular flexibility index (Phi) is 6.24. The first-order valence-electron chi connectivity index (χ1n) is 10.5. The zero-order valence-corrected chi connectivity index (χ0v) is 18.5. The summed E-state index contributed by atoms with van der Waals surface area (Å²) in [5.41, 5.74) is 10.9. The molecule has 0 fully saturated rings. The van der Waals surface area contributed by atoms with Gasteiger partial charge in [0.25, 0.3) is 5.91 Å². The van der Waals surface area contributed by atoms with Crippen LogP contribution in [0.3, 0.4) is 0 Å². The number of carbonyl (C=O) groups excluding carboxylic acids is 2. The summed E-state index contributed by atoms with van der Waals surface area (Å²) in [5.74, 6) is -1.15. The van der Waals surface area contributed by atoms with E-state index in [0.29, 0.717) is 22.5 Å². The number of amides is 2. The fourth-order valence-electron chi connectivity index (χ4n) is 3.87. The van der Waals surface area contributed by atoms with Crippen LogP contribution in [0.1, 0.15) is 22.3 Å². The van der Waals surface area contributed by atoms with Crippen LogP contribution in [0.4, 0.5) is 15.8 Å². The van der Waals surface area contributed by atoms with Crippen molar-refractivity contribution in [3.05, 3.63) is 94.8 Å². The van der Waals surface area contributed by atoms with Gasteiger partial charge in [0.05, 0.1) is 23.4 Å². The molecular weight excluding hydrogens is 419 g/mol. The van der Waals surface area contributed by atoms with Crippen molar-refractivity contribution in [1.29, 1.82) is 0 Å². The molecule has 0 atom stereocenters. The van der Waals surface area contributed by atoms with Crippen LogP contribution < -0.4 is 16.4 Å². The molecule has 1 aliphatic heterocycles. The number of benzene rings is 3. The van der Waals surface area contributed by atoms with Gasteiger partial charge in [0, 0.05) is 17.8 Å². The molecule has 0 saturated carbocycles. The van der Waals surface area contributed by atoms with Gasteiger partial charge < -0.3 is 21.3 Å². The Labute approximate surface area is 191 Å².